The predicted octanol–water partition coefficient (Wildman–Crippen LogP) is 5.35. The number of nitriles is 1. The highest BCUT2D eigenvalue weighted by Gasteiger charge is 2.16. The van der Waals surface area contributed by atoms with Gasteiger partial charge in [0, 0.05) is 4.90 Å². The van der Waals surface area contributed by atoms with E-state index in [1.165, 1.54) is 0 Å². The average Bonchev–Trinajstić information content (AvgIpc) is 2.74. The SMILES string of the molecule is CSc1ccccc1NC(=O)C(C)Oc1ccc(-c2ccc(C#N)cc2)cc1. The molecule has 0 fully saturated rings. The van der Waals surface area contributed by atoms with Crippen LogP contribution < -0.4 is 10.1 Å². The predicted molar refractivity (Wildman–Crippen MR) is 114 cm³/mol. The van der Waals surface area contributed by atoms with Crippen LogP contribution in [0.15, 0.2) is 77.7 Å². The van der Waals surface area contributed by atoms with Gasteiger partial charge in [0.25, 0.3) is 5.91 Å². The summed E-state index contributed by atoms with van der Waals surface area (Å²) < 4.78 is 5.79. The lowest BCUT2D eigenvalue weighted by Gasteiger charge is -2.16. The van der Waals surface area contributed by atoms with E-state index in [2.05, 4.69) is 11.4 Å². The van der Waals surface area contributed by atoms with E-state index in [0.717, 1.165) is 21.7 Å². The van der Waals surface area contributed by atoms with Crippen molar-refractivity contribution in [3.05, 3.63) is 78.4 Å². The van der Waals surface area contributed by atoms with Crippen molar-refractivity contribution in [2.24, 2.45) is 0 Å². The molecule has 0 aliphatic heterocycles. The van der Waals surface area contributed by atoms with Gasteiger partial charge < -0.3 is 10.1 Å². The van der Waals surface area contributed by atoms with Gasteiger partial charge in [-0.05, 0) is 60.7 Å². The molecule has 1 N–H and O–H groups in total. The lowest BCUT2D eigenvalue weighted by atomic mass is 10.0. The summed E-state index contributed by atoms with van der Waals surface area (Å²) in [6.07, 6.45) is 1.34. The summed E-state index contributed by atoms with van der Waals surface area (Å²) in [4.78, 5) is 13.5. The van der Waals surface area contributed by atoms with Gasteiger partial charge in [-0.2, -0.15) is 5.26 Å². The highest BCUT2D eigenvalue weighted by molar-refractivity contribution is 7.98. The molecule has 0 radical (unpaired) electrons. The summed E-state index contributed by atoms with van der Waals surface area (Å²) >= 11 is 1.58. The second-order valence-electron chi connectivity index (χ2n) is 6.16. The van der Waals surface area contributed by atoms with E-state index >= 15 is 0 Å². The van der Waals surface area contributed by atoms with Crippen LogP contribution in [0.1, 0.15) is 12.5 Å². The minimum atomic E-state index is -0.629. The van der Waals surface area contributed by atoms with Crippen molar-refractivity contribution in [3.63, 3.8) is 0 Å². The van der Waals surface area contributed by atoms with E-state index in [4.69, 9.17) is 10.00 Å². The van der Waals surface area contributed by atoms with Crippen molar-refractivity contribution in [1.82, 2.24) is 0 Å². The molecule has 0 aliphatic carbocycles. The molecule has 4 nitrogen and oxygen atoms in total. The number of para-hydroxylation sites is 1. The standard InChI is InChI=1S/C23H20N2O2S/c1-16(23(26)25-21-5-3-4-6-22(21)28-2)27-20-13-11-19(12-14-20)18-9-7-17(15-24)8-10-18/h3-14,16H,1-2H3,(H,25,26). The Morgan fingerprint density at radius 2 is 1.61 bits per heavy atom. The Morgan fingerprint density at radius 1 is 1.00 bits per heavy atom. The van der Waals surface area contributed by atoms with Crippen LogP contribution in [0.4, 0.5) is 5.69 Å². The second-order valence-corrected chi connectivity index (χ2v) is 7.01. The van der Waals surface area contributed by atoms with Crippen molar-refractivity contribution in [1.29, 1.82) is 5.26 Å². The molecule has 3 aromatic carbocycles. The molecule has 0 saturated carbocycles. The maximum absolute atomic E-state index is 12.5. The molecule has 1 atom stereocenters. The van der Waals surface area contributed by atoms with Gasteiger partial charge in [-0.3, -0.25) is 4.79 Å². The van der Waals surface area contributed by atoms with E-state index in [-0.39, 0.29) is 5.91 Å². The molecule has 0 heterocycles. The molecule has 1 unspecified atom stereocenters. The topological polar surface area (TPSA) is 62.1 Å². The van der Waals surface area contributed by atoms with Crippen LogP contribution in [0.3, 0.4) is 0 Å². The Kier molecular flexibility index (Phi) is 6.36. The highest BCUT2D eigenvalue weighted by Crippen LogP contribution is 2.26. The number of rotatable bonds is 6. The number of carbonyl (C=O) groups excluding carboxylic acids is 1. The molecule has 0 aromatic heterocycles. The number of benzene rings is 3. The third-order valence-corrected chi connectivity index (χ3v) is 5.04. The number of ether oxygens (including phenoxy) is 1. The zero-order chi connectivity index (χ0) is 19.9. The minimum Gasteiger partial charge on any atom is -0.481 e. The molecule has 3 rings (SSSR count). The van der Waals surface area contributed by atoms with Gasteiger partial charge in [0.15, 0.2) is 6.10 Å². The molecule has 1 amide bonds. The van der Waals surface area contributed by atoms with Crippen LogP contribution in [-0.4, -0.2) is 18.3 Å². The summed E-state index contributed by atoms with van der Waals surface area (Å²) in [5, 5.41) is 11.8. The van der Waals surface area contributed by atoms with Crippen LogP contribution in [0.2, 0.25) is 0 Å². The number of nitrogens with zero attached hydrogens (tertiary/aromatic N) is 1. The van der Waals surface area contributed by atoms with Gasteiger partial charge in [-0.25, -0.2) is 0 Å². The fourth-order valence-electron chi connectivity index (χ4n) is 2.70. The van der Waals surface area contributed by atoms with Crippen LogP contribution in [0.25, 0.3) is 11.1 Å². The Morgan fingerprint density at radius 3 is 2.21 bits per heavy atom. The maximum atomic E-state index is 12.5. The zero-order valence-electron chi connectivity index (χ0n) is 15.7. The molecule has 0 bridgehead atoms. The molecule has 5 heteroatoms. The number of hydrogen-bond donors (Lipinski definition) is 1. The quantitative estimate of drug-likeness (QED) is 0.578. The van der Waals surface area contributed by atoms with Gasteiger partial charge in [0.05, 0.1) is 17.3 Å². The van der Waals surface area contributed by atoms with Crippen LogP contribution in [0, 0.1) is 11.3 Å². The van der Waals surface area contributed by atoms with Crippen molar-refractivity contribution >= 4 is 23.4 Å². The van der Waals surface area contributed by atoms with E-state index in [1.807, 2.05) is 66.9 Å². The molecule has 28 heavy (non-hydrogen) atoms. The minimum absolute atomic E-state index is 0.197. The first kappa shape index (κ1) is 19.5. The third-order valence-electron chi connectivity index (χ3n) is 4.25. The van der Waals surface area contributed by atoms with Gasteiger partial charge in [0.1, 0.15) is 5.75 Å². The third kappa shape index (κ3) is 4.73. The summed E-state index contributed by atoms with van der Waals surface area (Å²) in [5.74, 6) is 0.427. The summed E-state index contributed by atoms with van der Waals surface area (Å²) in [7, 11) is 0. The number of hydrogen-bond acceptors (Lipinski definition) is 4. The number of amides is 1. The number of thioether (sulfide) groups is 1. The Hall–Kier alpha value is -3.23. The summed E-state index contributed by atoms with van der Waals surface area (Å²) in [6, 6.07) is 24.7. The van der Waals surface area contributed by atoms with Gasteiger partial charge in [-0.15, -0.1) is 11.8 Å². The van der Waals surface area contributed by atoms with Crippen LogP contribution >= 0.6 is 11.8 Å². The first-order chi connectivity index (χ1) is 13.6. The fourth-order valence-corrected chi connectivity index (χ4v) is 3.26. The van der Waals surface area contributed by atoms with Gasteiger partial charge >= 0.3 is 0 Å². The summed E-state index contributed by atoms with van der Waals surface area (Å²) in [5.41, 5.74) is 3.45. The first-order valence-corrected chi connectivity index (χ1v) is 10.0. The lowest BCUT2D eigenvalue weighted by molar-refractivity contribution is -0.122. The number of anilines is 1. The average molecular weight is 388 g/mol. The van der Waals surface area contributed by atoms with Crippen molar-refractivity contribution in [2.45, 2.75) is 17.9 Å². The molecular formula is C23H20N2O2S. The van der Waals surface area contributed by atoms with Crippen molar-refractivity contribution in [2.75, 3.05) is 11.6 Å². The zero-order valence-corrected chi connectivity index (χ0v) is 16.5. The van der Waals surface area contributed by atoms with E-state index in [9.17, 15) is 4.79 Å². The fraction of sp³-hybridized carbons (Fsp3) is 0.130. The Balaban J connectivity index is 1.64. The number of carbonyl (C=O) groups is 1. The molecule has 3 aromatic rings. The molecule has 140 valence electrons. The van der Waals surface area contributed by atoms with E-state index < -0.39 is 6.10 Å². The van der Waals surface area contributed by atoms with Crippen LogP contribution in [0.5, 0.6) is 5.75 Å². The highest BCUT2D eigenvalue weighted by atomic mass is 32.2. The van der Waals surface area contributed by atoms with Crippen molar-refractivity contribution < 1.29 is 9.53 Å². The first-order valence-electron chi connectivity index (χ1n) is 8.82. The van der Waals surface area contributed by atoms with Crippen LogP contribution in [-0.2, 0) is 4.79 Å². The lowest BCUT2D eigenvalue weighted by Crippen LogP contribution is -2.30. The monoisotopic (exact) mass is 388 g/mol. The maximum Gasteiger partial charge on any atom is 0.265 e. The van der Waals surface area contributed by atoms with Gasteiger partial charge in [0.2, 0.25) is 0 Å². The van der Waals surface area contributed by atoms with Gasteiger partial charge in [-0.1, -0.05) is 36.4 Å². The smallest absolute Gasteiger partial charge is 0.265 e. The Labute approximate surface area is 169 Å². The Bertz CT molecular complexity index is 992. The molecule has 0 saturated heterocycles. The van der Waals surface area contributed by atoms with Crippen molar-refractivity contribution in [3.8, 4) is 22.9 Å². The summed E-state index contributed by atoms with van der Waals surface area (Å²) in [6.45, 7) is 1.73. The number of nitrogens with one attached hydrogen (secondary N) is 1. The largest absolute Gasteiger partial charge is 0.481 e. The second kappa shape index (κ2) is 9.12. The molecule has 0 spiro atoms. The normalized spacial score (nSPS) is 11.3. The van der Waals surface area contributed by atoms with E-state index in [0.29, 0.717) is 11.3 Å². The molecular weight excluding hydrogens is 368 g/mol. The van der Waals surface area contributed by atoms with E-state index in [1.54, 1.807) is 30.8 Å². The molecule has 0 aliphatic rings.